The second kappa shape index (κ2) is 4.70. The first-order valence-electron chi connectivity index (χ1n) is 7.26. The number of rotatable bonds is 3. The van der Waals surface area contributed by atoms with Gasteiger partial charge in [0.1, 0.15) is 5.58 Å². The van der Waals surface area contributed by atoms with Crippen LogP contribution in [-0.2, 0) is 0 Å². The van der Waals surface area contributed by atoms with Crippen molar-refractivity contribution in [3.8, 4) is 0 Å². The van der Waals surface area contributed by atoms with Gasteiger partial charge in [0.25, 0.3) is 5.91 Å². The van der Waals surface area contributed by atoms with E-state index in [4.69, 9.17) is 4.42 Å². The summed E-state index contributed by atoms with van der Waals surface area (Å²) in [6.07, 6.45) is 2.84. The molecular formula is C16H16N2O3. The maximum Gasteiger partial charge on any atom is 0.251 e. The molecule has 0 spiro atoms. The van der Waals surface area contributed by atoms with Crippen LogP contribution in [0.3, 0.4) is 0 Å². The molecule has 21 heavy (non-hydrogen) atoms. The molecule has 1 amide bonds. The molecule has 108 valence electrons. The Morgan fingerprint density at radius 2 is 2.24 bits per heavy atom. The van der Waals surface area contributed by atoms with E-state index in [9.17, 15) is 9.59 Å². The highest BCUT2D eigenvalue weighted by molar-refractivity contribution is 5.98. The summed E-state index contributed by atoms with van der Waals surface area (Å²) in [6.45, 7) is 0.999. The minimum atomic E-state index is -0.0525. The zero-order chi connectivity index (χ0) is 14.4. The lowest BCUT2D eigenvalue weighted by Crippen LogP contribution is -2.44. The molecule has 5 nitrogen and oxygen atoms in total. The summed E-state index contributed by atoms with van der Waals surface area (Å²) in [5.74, 6) is 0.781. The van der Waals surface area contributed by atoms with E-state index >= 15 is 0 Å². The van der Waals surface area contributed by atoms with Crippen LogP contribution in [0.2, 0.25) is 0 Å². The van der Waals surface area contributed by atoms with Gasteiger partial charge < -0.3 is 15.1 Å². The lowest BCUT2D eigenvalue weighted by atomic mass is 10.0. The quantitative estimate of drug-likeness (QED) is 0.842. The van der Waals surface area contributed by atoms with Crippen LogP contribution in [0.4, 0.5) is 0 Å². The van der Waals surface area contributed by atoms with Crippen LogP contribution in [0.25, 0.3) is 11.0 Å². The Kier molecular flexibility index (Phi) is 2.82. The first-order valence-corrected chi connectivity index (χ1v) is 7.26. The van der Waals surface area contributed by atoms with Crippen molar-refractivity contribution in [1.29, 1.82) is 0 Å². The minimum absolute atomic E-state index is 0.0525. The summed E-state index contributed by atoms with van der Waals surface area (Å²) in [7, 11) is 0. The molecule has 1 aromatic carbocycles. The molecule has 1 saturated carbocycles. The van der Waals surface area contributed by atoms with E-state index in [1.807, 2.05) is 0 Å². The number of hydrogen-bond donors (Lipinski definition) is 2. The van der Waals surface area contributed by atoms with Crippen molar-refractivity contribution >= 4 is 23.2 Å². The summed E-state index contributed by atoms with van der Waals surface area (Å²) in [4.78, 5) is 23.1. The summed E-state index contributed by atoms with van der Waals surface area (Å²) in [6, 6.07) is 7.73. The SMILES string of the molecule is O=Cc1cc2cc(C(=O)NC3CC4CC3CN4)ccc2o1. The molecule has 2 fully saturated rings. The van der Waals surface area contributed by atoms with Crippen LogP contribution in [0.5, 0.6) is 0 Å². The van der Waals surface area contributed by atoms with Gasteiger partial charge in [0.05, 0.1) is 0 Å². The van der Waals surface area contributed by atoms with E-state index in [1.54, 1.807) is 24.3 Å². The number of amides is 1. The van der Waals surface area contributed by atoms with Crippen LogP contribution in [0.1, 0.15) is 33.8 Å². The largest absolute Gasteiger partial charge is 0.453 e. The summed E-state index contributed by atoms with van der Waals surface area (Å²) >= 11 is 0. The van der Waals surface area contributed by atoms with Crippen molar-refractivity contribution < 1.29 is 14.0 Å². The number of fused-ring (bicyclic) bond motifs is 3. The predicted molar refractivity (Wildman–Crippen MR) is 77.4 cm³/mol. The molecule has 5 heteroatoms. The molecule has 2 aliphatic rings. The predicted octanol–water partition coefficient (Wildman–Crippen LogP) is 1.73. The van der Waals surface area contributed by atoms with Crippen molar-refractivity contribution in [3.05, 3.63) is 35.6 Å². The summed E-state index contributed by atoms with van der Waals surface area (Å²) in [5, 5.41) is 7.35. The van der Waals surface area contributed by atoms with Gasteiger partial charge in [0.2, 0.25) is 0 Å². The fraction of sp³-hybridized carbons (Fsp3) is 0.375. The first-order chi connectivity index (χ1) is 10.2. The lowest BCUT2D eigenvalue weighted by molar-refractivity contribution is 0.0925. The Morgan fingerprint density at radius 3 is 2.95 bits per heavy atom. The molecule has 1 saturated heterocycles. The maximum absolute atomic E-state index is 12.4. The average Bonchev–Trinajstić information content (AvgIpc) is 3.20. The molecule has 1 aliphatic carbocycles. The van der Waals surface area contributed by atoms with Crippen LogP contribution in [0.15, 0.2) is 28.7 Å². The fourth-order valence-electron chi connectivity index (χ4n) is 3.53. The van der Waals surface area contributed by atoms with Crippen LogP contribution < -0.4 is 10.6 Å². The fourth-order valence-corrected chi connectivity index (χ4v) is 3.53. The number of benzene rings is 1. The van der Waals surface area contributed by atoms with Gasteiger partial charge in [-0.2, -0.15) is 0 Å². The number of carbonyl (C=O) groups excluding carboxylic acids is 2. The number of piperidine rings is 1. The first kappa shape index (κ1) is 12.6. The zero-order valence-corrected chi connectivity index (χ0v) is 11.5. The van der Waals surface area contributed by atoms with Crippen molar-refractivity contribution in [2.24, 2.45) is 5.92 Å². The minimum Gasteiger partial charge on any atom is -0.453 e. The summed E-state index contributed by atoms with van der Waals surface area (Å²) in [5.41, 5.74) is 1.23. The topological polar surface area (TPSA) is 71.3 Å². The Morgan fingerprint density at radius 1 is 1.33 bits per heavy atom. The second-order valence-corrected chi connectivity index (χ2v) is 5.94. The highest BCUT2D eigenvalue weighted by Crippen LogP contribution is 2.31. The second-order valence-electron chi connectivity index (χ2n) is 5.94. The Labute approximate surface area is 121 Å². The van der Waals surface area contributed by atoms with Crippen molar-refractivity contribution in [1.82, 2.24) is 10.6 Å². The smallest absolute Gasteiger partial charge is 0.251 e. The van der Waals surface area contributed by atoms with E-state index in [2.05, 4.69) is 10.6 Å². The molecule has 0 radical (unpaired) electrons. The third kappa shape index (κ3) is 2.14. The Bertz CT molecular complexity index is 721. The third-order valence-electron chi connectivity index (χ3n) is 4.59. The summed E-state index contributed by atoms with van der Waals surface area (Å²) < 4.78 is 5.32. The van der Waals surface area contributed by atoms with E-state index in [1.165, 1.54) is 0 Å². The molecule has 2 heterocycles. The number of nitrogens with one attached hydrogen (secondary N) is 2. The van der Waals surface area contributed by atoms with E-state index in [0.29, 0.717) is 29.4 Å². The zero-order valence-electron chi connectivity index (χ0n) is 11.5. The Balaban J connectivity index is 1.54. The molecule has 2 N–H and O–H groups in total. The van der Waals surface area contributed by atoms with Crippen molar-refractivity contribution in [2.45, 2.75) is 24.9 Å². The highest BCUT2D eigenvalue weighted by atomic mass is 16.3. The van der Waals surface area contributed by atoms with Gasteiger partial charge in [-0.1, -0.05) is 0 Å². The van der Waals surface area contributed by atoms with E-state index in [-0.39, 0.29) is 17.7 Å². The third-order valence-corrected chi connectivity index (χ3v) is 4.59. The molecule has 3 unspecified atom stereocenters. The van der Waals surface area contributed by atoms with Gasteiger partial charge in [-0.05, 0) is 43.0 Å². The van der Waals surface area contributed by atoms with Gasteiger partial charge in [-0.25, -0.2) is 0 Å². The van der Waals surface area contributed by atoms with Crippen LogP contribution in [-0.4, -0.2) is 30.8 Å². The van der Waals surface area contributed by atoms with Gasteiger partial charge >= 0.3 is 0 Å². The normalized spacial score (nSPS) is 27.1. The highest BCUT2D eigenvalue weighted by Gasteiger charge is 2.40. The standard InChI is InChI=1S/C16H16N2O3/c19-8-13-5-10-3-9(1-2-15(10)21-13)16(20)18-14-6-12-4-11(14)7-17-12/h1-3,5,8,11-12,14,17H,4,6-7H2,(H,18,20). The monoisotopic (exact) mass is 284 g/mol. The molecule has 4 rings (SSSR count). The Hall–Kier alpha value is -2.14. The number of hydrogen-bond acceptors (Lipinski definition) is 4. The molecule has 2 aromatic rings. The van der Waals surface area contributed by atoms with Crippen molar-refractivity contribution in [3.63, 3.8) is 0 Å². The maximum atomic E-state index is 12.4. The van der Waals surface area contributed by atoms with Gasteiger partial charge in [0.15, 0.2) is 12.0 Å². The molecule has 1 aliphatic heterocycles. The van der Waals surface area contributed by atoms with Crippen molar-refractivity contribution in [2.75, 3.05) is 6.54 Å². The lowest BCUT2D eigenvalue weighted by Gasteiger charge is -2.23. The average molecular weight is 284 g/mol. The van der Waals surface area contributed by atoms with Gasteiger partial charge in [-0.3, -0.25) is 9.59 Å². The number of furan rings is 1. The van der Waals surface area contributed by atoms with Gasteiger partial charge in [-0.15, -0.1) is 0 Å². The van der Waals surface area contributed by atoms with Crippen LogP contribution in [0, 0.1) is 5.92 Å². The van der Waals surface area contributed by atoms with E-state index in [0.717, 1.165) is 24.8 Å². The number of carbonyl (C=O) groups is 2. The number of aldehydes is 1. The molecule has 2 bridgehead atoms. The molecule has 3 atom stereocenters. The molecule has 1 aromatic heterocycles. The van der Waals surface area contributed by atoms with E-state index < -0.39 is 0 Å². The van der Waals surface area contributed by atoms with Gasteiger partial charge in [0, 0.05) is 29.6 Å². The van der Waals surface area contributed by atoms with Crippen LogP contribution >= 0.6 is 0 Å². The molecular weight excluding hydrogens is 268 g/mol.